The number of aromatic nitrogens is 1. The number of hydrogen-bond acceptors (Lipinski definition) is 5. The van der Waals surface area contributed by atoms with E-state index in [0.717, 1.165) is 5.69 Å². The molecule has 25 heavy (non-hydrogen) atoms. The van der Waals surface area contributed by atoms with E-state index in [9.17, 15) is 9.59 Å². The lowest BCUT2D eigenvalue weighted by Crippen LogP contribution is -2.26. The molecule has 0 unspecified atom stereocenters. The van der Waals surface area contributed by atoms with Gasteiger partial charge in [0.2, 0.25) is 0 Å². The minimum atomic E-state index is -0.509. The molecule has 1 heterocycles. The maximum atomic E-state index is 12.5. The summed E-state index contributed by atoms with van der Waals surface area (Å²) in [5, 5.41) is 6.26. The monoisotopic (exact) mass is 361 g/mol. The Kier molecular flexibility index (Phi) is 5.64. The van der Waals surface area contributed by atoms with Crippen LogP contribution in [-0.4, -0.2) is 29.5 Å². The van der Waals surface area contributed by atoms with Crippen LogP contribution in [-0.2, 0) is 4.74 Å². The van der Waals surface area contributed by atoms with E-state index in [1.54, 1.807) is 12.3 Å². The minimum Gasteiger partial charge on any atom is -0.465 e. The zero-order valence-electron chi connectivity index (χ0n) is 14.5. The third kappa shape index (κ3) is 5.19. The Morgan fingerprint density at radius 1 is 1.12 bits per heavy atom. The number of methoxy groups -OCH3 is 1. The Balaban J connectivity index is 2.22. The lowest BCUT2D eigenvalue weighted by Gasteiger charge is -2.22. The van der Waals surface area contributed by atoms with E-state index in [2.05, 4.69) is 20.4 Å². The van der Waals surface area contributed by atoms with Crippen molar-refractivity contribution in [1.82, 2.24) is 4.98 Å². The summed E-state index contributed by atoms with van der Waals surface area (Å²) in [5.74, 6) is -0.890. The van der Waals surface area contributed by atoms with E-state index >= 15 is 0 Å². The topological polar surface area (TPSA) is 80.3 Å². The van der Waals surface area contributed by atoms with Crippen LogP contribution in [0.4, 0.5) is 11.4 Å². The van der Waals surface area contributed by atoms with Crippen molar-refractivity contribution >= 4 is 34.9 Å². The molecule has 0 aliphatic heterocycles. The van der Waals surface area contributed by atoms with E-state index in [0.29, 0.717) is 21.8 Å². The number of esters is 1. The molecule has 6 nitrogen and oxygen atoms in total. The van der Waals surface area contributed by atoms with Crippen molar-refractivity contribution < 1.29 is 14.3 Å². The second kappa shape index (κ2) is 7.53. The first-order chi connectivity index (χ1) is 11.7. The molecule has 0 radical (unpaired) electrons. The van der Waals surface area contributed by atoms with Gasteiger partial charge in [0.25, 0.3) is 5.91 Å². The van der Waals surface area contributed by atoms with E-state index in [-0.39, 0.29) is 11.4 Å². The van der Waals surface area contributed by atoms with E-state index < -0.39 is 5.97 Å². The largest absolute Gasteiger partial charge is 0.465 e. The van der Waals surface area contributed by atoms with Gasteiger partial charge in [-0.05, 0) is 45.0 Å². The molecule has 0 saturated carbocycles. The van der Waals surface area contributed by atoms with Crippen molar-refractivity contribution in [3.8, 4) is 0 Å². The third-order valence-electron chi connectivity index (χ3n) is 3.16. The fourth-order valence-electron chi connectivity index (χ4n) is 2.13. The number of halogens is 1. The molecule has 1 aromatic heterocycles. The van der Waals surface area contributed by atoms with Crippen molar-refractivity contribution in [3.05, 3.63) is 52.8 Å². The fourth-order valence-corrected chi connectivity index (χ4v) is 2.29. The van der Waals surface area contributed by atoms with Gasteiger partial charge < -0.3 is 15.4 Å². The molecule has 1 aromatic carbocycles. The predicted octanol–water partition coefficient (Wildman–Crippen LogP) is 3.98. The summed E-state index contributed by atoms with van der Waals surface area (Å²) in [6.45, 7) is 6.04. The summed E-state index contributed by atoms with van der Waals surface area (Å²) < 4.78 is 4.67. The molecule has 2 aromatic rings. The molecule has 0 atom stereocenters. The van der Waals surface area contributed by atoms with Crippen molar-refractivity contribution in [2.45, 2.75) is 26.3 Å². The summed E-state index contributed by atoms with van der Waals surface area (Å²) >= 11 is 6.10. The fraction of sp³-hybridized carbons (Fsp3) is 0.278. The molecule has 0 bridgehead atoms. The summed E-state index contributed by atoms with van der Waals surface area (Å²) in [5.41, 5.74) is 1.56. The van der Waals surface area contributed by atoms with Crippen LogP contribution in [0.15, 0.2) is 36.7 Å². The minimum absolute atomic E-state index is 0.158. The van der Waals surface area contributed by atoms with Crippen LogP contribution in [0.2, 0.25) is 5.02 Å². The Labute approximate surface area is 151 Å². The molecule has 0 aliphatic rings. The van der Waals surface area contributed by atoms with Gasteiger partial charge in [-0.15, -0.1) is 0 Å². The first-order valence-electron chi connectivity index (χ1n) is 7.62. The van der Waals surface area contributed by atoms with Crippen molar-refractivity contribution in [2.24, 2.45) is 0 Å². The number of benzene rings is 1. The van der Waals surface area contributed by atoms with E-state index in [1.165, 1.54) is 31.5 Å². The molecular weight excluding hydrogens is 342 g/mol. The van der Waals surface area contributed by atoms with Crippen molar-refractivity contribution in [1.29, 1.82) is 0 Å². The molecule has 0 spiro atoms. The number of nitrogens with one attached hydrogen (secondary N) is 2. The highest BCUT2D eigenvalue weighted by Crippen LogP contribution is 2.24. The van der Waals surface area contributed by atoms with E-state index in [1.807, 2.05) is 20.8 Å². The van der Waals surface area contributed by atoms with Gasteiger partial charge in [0.05, 0.1) is 34.6 Å². The maximum Gasteiger partial charge on any atom is 0.337 e. The maximum absolute atomic E-state index is 12.5. The number of anilines is 2. The molecule has 0 aliphatic carbocycles. The van der Waals surface area contributed by atoms with Crippen LogP contribution < -0.4 is 10.6 Å². The van der Waals surface area contributed by atoms with Gasteiger partial charge in [0, 0.05) is 17.9 Å². The highest BCUT2D eigenvalue weighted by molar-refractivity contribution is 6.34. The third-order valence-corrected chi connectivity index (χ3v) is 3.49. The normalized spacial score (nSPS) is 10.9. The van der Waals surface area contributed by atoms with Crippen LogP contribution >= 0.6 is 11.6 Å². The average molecular weight is 362 g/mol. The summed E-state index contributed by atoms with van der Waals surface area (Å²) in [7, 11) is 1.29. The highest BCUT2D eigenvalue weighted by atomic mass is 35.5. The van der Waals surface area contributed by atoms with Crippen molar-refractivity contribution in [3.63, 3.8) is 0 Å². The molecule has 2 N–H and O–H groups in total. The molecule has 7 heteroatoms. The van der Waals surface area contributed by atoms with Crippen LogP contribution in [0.1, 0.15) is 41.5 Å². The van der Waals surface area contributed by atoms with Gasteiger partial charge in [-0.3, -0.25) is 9.78 Å². The molecule has 0 saturated heterocycles. The first-order valence-corrected chi connectivity index (χ1v) is 8.00. The standard InChI is InChI=1S/C18H20ClN3O3/c1-18(2,3)22-13-7-12(9-20-10-13)16(23)21-15-8-11(17(24)25-4)5-6-14(15)19/h5-10,22H,1-4H3,(H,21,23). The van der Waals surface area contributed by atoms with Gasteiger partial charge in [0.15, 0.2) is 0 Å². The van der Waals surface area contributed by atoms with Crippen LogP contribution in [0.25, 0.3) is 0 Å². The summed E-state index contributed by atoms with van der Waals surface area (Å²) in [6.07, 6.45) is 3.11. The molecular formula is C18H20ClN3O3. The number of pyridine rings is 1. The van der Waals surface area contributed by atoms with Crippen molar-refractivity contribution in [2.75, 3.05) is 17.7 Å². The SMILES string of the molecule is COC(=O)c1ccc(Cl)c(NC(=O)c2cncc(NC(C)(C)C)c2)c1. The molecule has 0 fully saturated rings. The molecule has 1 amide bonds. The lowest BCUT2D eigenvalue weighted by molar-refractivity contribution is 0.0600. The molecule has 2 rings (SSSR count). The van der Waals surface area contributed by atoms with Gasteiger partial charge in [-0.25, -0.2) is 4.79 Å². The number of hydrogen-bond donors (Lipinski definition) is 2. The number of carbonyl (C=O) groups excluding carboxylic acids is 2. The van der Waals surface area contributed by atoms with Gasteiger partial charge >= 0.3 is 5.97 Å². The Morgan fingerprint density at radius 2 is 1.84 bits per heavy atom. The van der Waals surface area contributed by atoms with Gasteiger partial charge in [-0.1, -0.05) is 11.6 Å². The van der Waals surface area contributed by atoms with E-state index in [4.69, 9.17) is 11.6 Å². The second-order valence-corrected chi connectivity index (χ2v) is 6.88. The zero-order valence-corrected chi connectivity index (χ0v) is 15.3. The van der Waals surface area contributed by atoms with Crippen LogP contribution in [0, 0.1) is 0 Å². The highest BCUT2D eigenvalue weighted by Gasteiger charge is 2.15. The average Bonchev–Trinajstić information content (AvgIpc) is 2.54. The number of carbonyl (C=O) groups is 2. The number of nitrogens with zero attached hydrogens (tertiary/aromatic N) is 1. The predicted molar refractivity (Wildman–Crippen MR) is 98.4 cm³/mol. The van der Waals surface area contributed by atoms with Crippen LogP contribution in [0.3, 0.4) is 0 Å². The van der Waals surface area contributed by atoms with Gasteiger partial charge in [0.1, 0.15) is 0 Å². The smallest absolute Gasteiger partial charge is 0.337 e. The first kappa shape index (κ1) is 18.7. The number of ether oxygens (including phenoxy) is 1. The Morgan fingerprint density at radius 3 is 2.48 bits per heavy atom. The Bertz CT molecular complexity index is 800. The summed E-state index contributed by atoms with van der Waals surface area (Å²) in [6, 6.07) is 6.22. The zero-order chi connectivity index (χ0) is 18.6. The lowest BCUT2D eigenvalue weighted by atomic mass is 10.1. The quantitative estimate of drug-likeness (QED) is 0.805. The second-order valence-electron chi connectivity index (χ2n) is 6.48. The van der Waals surface area contributed by atoms with Gasteiger partial charge in [-0.2, -0.15) is 0 Å². The van der Waals surface area contributed by atoms with Crippen LogP contribution in [0.5, 0.6) is 0 Å². The Hall–Kier alpha value is -2.60. The number of amides is 1. The number of rotatable bonds is 4. The molecule has 132 valence electrons. The summed E-state index contributed by atoms with van der Waals surface area (Å²) in [4.78, 5) is 28.2.